The van der Waals surface area contributed by atoms with E-state index in [2.05, 4.69) is 13.8 Å². The first kappa shape index (κ1) is 22.6. The fraction of sp³-hybridized carbons (Fsp3) is 0.875. The van der Waals surface area contributed by atoms with Crippen molar-refractivity contribution >= 4 is 12.2 Å². The maximum absolute atomic E-state index is 11.5. The van der Waals surface area contributed by atoms with Gasteiger partial charge in [-0.1, -0.05) is 26.7 Å². The van der Waals surface area contributed by atoms with E-state index >= 15 is 0 Å². The van der Waals surface area contributed by atoms with Gasteiger partial charge in [0.2, 0.25) is 0 Å². The van der Waals surface area contributed by atoms with Crippen molar-refractivity contribution in [1.82, 2.24) is 5.01 Å². The van der Waals surface area contributed by atoms with Crippen LogP contribution in [0.3, 0.4) is 0 Å². The lowest BCUT2D eigenvalue weighted by molar-refractivity contribution is 0.0537. The summed E-state index contributed by atoms with van der Waals surface area (Å²) in [6, 6.07) is 0. The number of hydrazine groups is 1. The highest BCUT2D eigenvalue weighted by Gasteiger charge is 2.20. The van der Waals surface area contributed by atoms with Crippen LogP contribution in [0.25, 0.3) is 0 Å². The van der Waals surface area contributed by atoms with Crippen LogP contribution in [-0.2, 0) is 14.2 Å². The molecule has 0 aliphatic carbocycles. The molecule has 3 N–H and O–H groups in total. The molecule has 2 amide bonds. The van der Waals surface area contributed by atoms with Crippen LogP contribution in [0.2, 0.25) is 0 Å². The summed E-state index contributed by atoms with van der Waals surface area (Å²) in [6.45, 7) is 6.86. The van der Waals surface area contributed by atoms with Crippen molar-refractivity contribution in [3.05, 3.63) is 0 Å². The molecule has 0 aliphatic rings. The highest BCUT2D eigenvalue weighted by molar-refractivity contribution is 5.85. The minimum atomic E-state index is -1.55. The summed E-state index contributed by atoms with van der Waals surface area (Å²) in [6.07, 6.45) is 2.98. The average Bonchev–Trinajstić information content (AvgIpc) is 2.57. The van der Waals surface area contributed by atoms with Gasteiger partial charge < -0.3 is 19.3 Å². The molecule has 0 radical (unpaired) electrons. The van der Waals surface area contributed by atoms with Crippen LogP contribution >= 0.6 is 0 Å². The first-order chi connectivity index (χ1) is 11.5. The zero-order valence-electron chi connectivity index (χ0n) is 14.9. The third-order valence-corrected chi connectivity index (χ3v) is 3.47. The SMILES string of the molecule is CCCCOCCC(CCOCCCC)COC(=O)N(N)C(=O)O. The Labute approximate surface area is 144 Å². The van der Waals surface area contributed by atoms with Crippen LogP contribution in [0, 0.1) is 5.92 Å². The zero-order chi connectivity index (χ0) is 18.2. The molecule has 0 rings (SSSR count). The Morgan fingerprint density at radius 1 is 1.00 bits per heavy atom. The van der Waals surface area contributed by atoms with Gasteiger partial charge in [0.25, 0.3) is 0 Å². The Balaban J connectivity index is 4.14. The molecule has 0 atom stereocenters. The van der Waals surface area contributed by atoms with Crippen LogP contribution in [0.15, 0.2) is 0 Å². The first-order valence-corrected chi connectivity index (χ1v) is 8.62. The second-order valence-corrected chi connectivity index (χ2v) is 5.60. The van der Waals surface area contributed by atoms with Gasteiger partial charge in [0, 0.05) is 26.4 Å². The van der Waals surface area contributed by atoms with E-state index in [4.69, 9.17) is 25.2 Å². The summed E-state index contributed by atoms with van der Waals surface area (Å²) in [5.74, 6) is 5.11. The van der Waals surface area contributed by atoms with Crippen molar-refractivity contribution in [2.75, 3.05) is 33.0 Å². The first-order valence-electron chi connectivity index (χ1n) is 8.62. The van der Waals surface area contributed by atoms with Gasteiger partial charge in [0.15, 0.2) is 0 Å². The molecular weight excluding hydrogens is 316 g/mol. The van der Waals surface area contributed by atoms with Gasteiger partial charge in [0.05, 0.1) is 6.61 Å². The molecular formula is C16H32N2O6. The number of imide groups is 1. The van der Waals surface area contributed by atoms with E-state index in [1.807, 2.05) is 0 Å². The Morgan fingerprint density at radius 2 is 1.50 bits per heavy atom. The van der Waals surface area contributed by atoms with Crippen molar-refractivity contribution in [2.45, 2.75) is 52.4 Å². The number of carboxylic acid groups (broad SMARTS) is 1. The quantitative estimate of drug-likeness (QED) is 0.215. The Bertz CT molecular complexity index is 327. The monoisotopic (exact) mass is 348 g/mol. The van der Waals surface area contributed by atoms with E-state index in [-0.39, 0.29) is 17.5 Å². The summed E-state index contributed by atoms with van der Waals surface area (Å²) >= 11 is 0. The molecule has 0 unspecified atom stereocenters. The molecule has 0 heterocycles. The van der Waals surface area contributed by atoms with E-state index in [1.54, 1.807) is 0 Å². The van der Waals surface area contributed by atoms with Gasteiger partial charge >= 0.3 is 12.2 Å². The van der Waals surface area contributed by atoms with E-state index in [0.29, 0.717) is 39.3 Å². The van der Waals surface area contributed by atoms with E-state index in [1.165, 1.54) is 0 Å². The van der Waals surface area contributed by atoms with Crippen LogP contribution in [0.4, 0.5) is 9.59 Å². The maximum atomic E-state index is 11.5. The molecule has 8 heteroatoms. The summed E-state index contributed by atoms with van der Waals surface area (Å²) in [7, 11) is 0. The predicted octanol–water partition coefficient (Wildman–Crippen LogP) is 3.01. The number of rotatable bonds is 14. The van der Waals surface area contributed by atoms with Crippen LogP contribution in [0.5, 0.6) is 0 Å². The van der Waals surface area contributed by atoms with Crippen LogP contribution in [-0.4, -0.2) is 55.3 Å². The molecule has 142 valence electrons. The summed E-state index contributed by atoms with van der Waals surface area (Å²) in [5.41, 5.74) is 0. The fourth-order valence-electron chi connectivity index (χ4n) is 1.84. The third kappa shape index (κ3) is 12.1. The normalized spacial score (nSPS) is 10.8. The molecule has 0 aliphatic heterocycles. The summed E-state index contributed by atoms with van der Waals surface area (Å²) in [5, 5.41) is 8.66. The van der Waals surface area contributed by atoms with Crippen molar-refractivity contribution in [3.8, 4) is 0 Å². The number of carbonyl (C=O) groups is 2. The molecule has 0 aromatic carbocycles. The van der Waals surface area contributed by atoms with Gasteiger partial charge in [0.1, 0.15) is 0 Å². The van der Waals surface area contributed by atoms with Gasteiger partial charge in [-0.15, -0.1) is 5.01 Å². The number of hydrogen-bond donors (Lipinski definition) is 2. The number of amides is 2. The average molecular weight is 348 g/mol. The lowest BCUT2D eigenvalue weighted by Gasteiger charge is -2.18. The Morgan fingerprint density at radius 3 is 1.92 bits per heavy atom. The molecule has 0 fully saturated rings. The Kier molecular flexibility index (Phi) is 14.3. The number of carbonyl (C=O) groups excluding carboxylic acids is 1. The van der Waals surface area contributed by atoms with Gasteiger partial charge in [-0.25, -0.2) is 15.4 Å². The molecule has 0 aromatic rings. The predicted molar refractivity (Wildman–Crippen MR) is 89.6 cm³/mol. The zero-order valence-corrected chi connectivity index (χ0v) is 14.9. The largest absolute Gasteiger partial charge is 0.464 e. The minimum Gasteiger partial charge on any atom is -0.464 e. The van der Waals surface area contributed by atoms with Gasteiger partial charge in [-0.05, 0) is 31.6 Å². The molecule has 0 saturated carbocycles. The second-order valence-electron chi connectivity index (χ2n) is 5.60. The minimum absolute atomic E-state index is 0.0343. The lowest BCUT2D eigenvalue weighted by atomic mass is 10.0. The van der Waals surface area contributed by atoms with E-state index in [0.717, 1.165) is 25.7 Å². The number of unbranched alkanes of at least 4 members (excludes halogenated alkanes) is 2. The van der Waals surface area contributed by atoms with Crippen molar-refractivity contribution in [2.24, 2.45) is 11.8 Å². The summed E-state index contributed by atoms with van der Waals surface area (Å²) < 4.78 is 16.0. The number of nitrogens with zero attached hydrogens (tertiary/aromatic N) is 1. The second kappa shape index (κ2) is 15.2. The van der Waals surface area contributed by atoms with Crippen molar-refractivity contribution < 1.29 is 28.9 Å². The Hall–Kier alpha value is -1.38. The number of ether oxygens (including phenoxy) is 3. The molecule has 8 nitrogen and oxygen atoms in total. The molecule has 24 heavy (non-hydrogen) atoms. The fourth-order valence-corrected chi connectivity index (χ4v) is 1.84. The van der Waals surface area contributed by atoms with Crippen molar-refractivity contribution in [1.29, 1.82) is 0 Å². The lowest BCUT2D eigenvalue weighted by Crippen LogP contribution is -2.42. The van der Waals surface area contributed by atoms with Crippen LogP contribution in [0.1, 0.15) is 52.4 Å². The summed E-state index contributed by atoms with van der Waals surface area (Å²) in [4.78, 5) is 22.0. The van der Waals surface area contributed by atoms with E-state index in [9.17, 15) is 9.59 Å². The molecule has 0 aromatic heterocycles. The van der Waals surface area contributed by atoms with Crippen LogP contribution < -0.4 is 5.84 Å². The number of hydrogen-bond acceptors (Lipinski definition) is 6. The standard InChI is InChI=1S/C16H32N2O6/c1-3-5-9-22-11-7-14(8-12-23-10-6-4-2)13-24-16(21)18(17)15(19)20/h14H,3-13,17H2,1-2H3,(H,19,20). The van der Waals surface area contributed by atoms with Gasteiger partial charge in [-0.3, -0.25) is 0 Å². The number of nitrogens with two attached hydrogens (primary N) is 1. The van der Waals surface area contributed by atoms with Gasteiger partial charge in [-0.2, -0.15) is 0 Å². The maximum Gasteiger partial charge on any atom is 0.434 e. The highest BCUT2D eigenvalue weighted by Crippen LogP contribution is 2.11. The third-order valence-electron chi connectivity index (χ3n) is 3.47. The molecule has 0 spiro atoms. The van der Waals surface area contributed by atoms with E-state index < -0.39 is 12.2 Å². The smallest absolute Gasteiger partial charge is 0.434 e. The molecule has 0 bridgehead atoms. The molecule has 0 saturated heterocycles. The highest BCUT2D eigenvalue weighted by atomic mass is 16.6. The topological polar surface area (TPSA) is 111 Å². The van der Waals surface area contributed by atoms with Crippen molar-refractivity contribution in [3.63, 3.8) is 0 Å².